The number of fused-ring (bicyclic) bond motifs is 7. The molecule has 4 aromatic carbocycles. The Kier molecular flexibility index (Phi) is 5.07. The summed E-state index contributed by atoms with van der Waals surface area (Å²) in [6.07, 6.45) is 3.99. The number of rotatable bonds is 2. The summed E-state index contributed by atoms with van der Waals surface area (Å²) in [5.74, 6) is 0. The van der Waals surface area contributed by atoms with Gasteiger partial charge in [-0.1, -0.05) is 89.7 Å². The van der Waals surface area contributed by atoms with Gasteiger partial charge in [-0.15, -0.1) is 0 Å². The molecule has 0 fully saturated rings. The molecule has 0 radical (unpaired) electrons. The second-order valence-corrected chi connectivity index (χ2v) is 14.3. The molecule has 0 saturated heterocycles. The smallest absolute Gasteiger partial charge is 0.139 e. The van der Waals surface area contributed by atoms with E-state index in [0.29, 0.717) is 0 Å². The van der Waals surface area contributed by atoms with Gasteiger partial charge in [-0.05, 0) is 69.7 Å². The molecule has 0 saturated carbocycles. The van der Waals surface area contributed by atoms with E-state index in [2.05, 4.69) is 102 Å². The van der Waals surface area contributed by atoms with Crippen molar-refractivity contribution in [1.82, 2.24) is 4.98 Å². The molecule has 190 valence electrons. The minimum atomic E-state index is 0.118. The molecule has 0 unspecified atom stereocenters. The zero-order valence-electron chi connectivity index (χ0n) is 23.0. The largest absolute Gasteiger partial charge is 0.456 e. The Morgan fingerprint density at radius 3 is 2.34 bits per heavy atom. The molecule has 0 spiro atoms. The molecule has 7 rings (SSSR count). The lowest BCUT2D eigenvalue weighted by Gasteiger charge is -2.26. The summed E-state index contributed by atoms with van der Waals surface area (Å²) >= 11 is 1.90. The number of hydrogen-bond donors (Lipinski definition) is 0. The van der Waals surface area contributed by atoms with Crippen LogP contribution in [-0.2, 0) is 12.8 Å². The number of pyridine rings is 1. The van der Waals surface area contributed by atoms with Crippen molar-refractivity contribution < 1.29 is 4.42 Å². The molecule has 2 nitrogen and oxygen atoms in total. The van der Waals surface area contributed by atoms with Crippen LogP contribution >= 0.6 is 11.8 Å². The van der Waals surface area contributed by atoms with Crippen LogP contribution in [0, 0.1) is 10.8 Å². The first-order chi connectivity index (χ1) is 18.1. The van der Waals surface area contributed by atoms with Gasteiger partial charge in [0.15, 0.2) is 0 Å². The minimum Gasteiger partial charge on any atom is -0.456 e. The molecule has 3 heterocycles. The summed E-state index contributed by atoms with van der Waals surface area (Å²) < 4.78 is 6.56. The monoisotopic (exact) mass is 515 g/mol. The number of hydrogen-bond acceptors (Lipinski definition) is 3. The second kappa shape index (κ2) is 8.10. The lowest BCUT2D eigenvalue weighted by Crippen LogP contribution is -2.11. The maximum absolute atomic E-state index is 6.56. The van der Waals surface area contributed by atoms with Gasteiger partial charge in [0.1, 0.15) is 11.2 Å². The van der Waals surface area contributed by atoms with E-state index in [-0.39, 0.29) is 10.8 Å². The fourth-order valence-corrected chi connectivity index (χ4v) is 7.40. The number of para-hydroxylation sites is 1. The van der Waals surface area contributed by atoms with Gasteiger partial charge in [0.05, 0.1) is 5.69 Å². The summed E-state index contributed by atoms with van der Waals surface area (Å²) in [6.45, 7) is 13.9. The lowest BCUT2D eigenvalue weighted by molar-refractivity contribution is 0.407. The molecule has 3 heteroatoms. The molecule has 6 aromatic rings. The van der Waals surface area contributed by atoms with Crippen LogP contribution in [0.2, 0.25) is 0 Å². The number of aromatic nitrogens is 1. The molecule has 1 aliphatic rings. The summed E-state index contributed by atoms with van der Waals surface area (Å²) in [7, 11) is 0. The third kappa shape index (κ3) is 3.82. The Morgan fingerprint density at radius 1 is 0.763 bits per heavy atom. The fourth-order valence-electron chi connectivity index (χ4n) is 6.13. The van der Waals surface area contributed by atoms with E-state index >= 15 is 0 Å². The van der Waals surface area contributed by atoms with E-state index in [0.717, 1.165) is 29.7 Å². The van der Waals surface area contributed by atoms with Crippen molar-refractivity contribution in [2.45, 2.75) is 64.2 Å². The third-order valence-corrected chi connectivity index (χ3v) is 8.73. The Labute approximate surface area is 228 Å². The zero-order chi connectivity index (χ0) is 26.4. The highest BCUT2D eigenvalue weighted by molar-refractivity contribution is 8.00. The van der Waals surface area contributed by atoms with Gasteiger partial charge in [-0.3, -0.25) is 4.98 Å². The summed E-state index contributed by atoms with van der Waals surface area (Å²) in [6, 6.07) is 22.4. The van der Waals surface area contributed by atoms with Crippen LogP contribution in [0.1, 0.15) is 52.7 Å². The molecule has 0 amide bonds. The molecular formula is C35H33NOS. The first kappa shape index (κ1) is 23.8. The zero-order valence-corrected chi connectivity index (χ0v) is 23.8. The SMILES string of the molecule is CC(C)(C)Cc1ccc2c(c1)cc1c3c(nccc32)-c2cc3c(oc4ccccc43)c(CC(C)(C)C)c2S1. The lowest BCUT2D eigenvalue weighted by atomic mass is 9.85. The number of benzene rings is 4. The highest BCUT2D eigenvalue weighted by Gasteiger charge is 2.29. The van der Waals surface area contributed by atoms with E-state index in [1.54, 1.807) is 0 Å². The van der Waals surface area contributed by atoms with Gasteiger partial charge in [-0.2, -0.15) is 0 Å². The molecule has 0 N–H and O–H groups in total. The molecule has 0 aliphatic carbocycles. The van der Waals surface area contributed by atoms with Gasteiger partial charge in [0.25, 0.3) is 0 Å². The predicted molar refractivity (Wildman–Crippen MR) is 162 cm³/mol. The number of furan rings is 1. The Bertz CT molecular complexity index is 1910. The first-order valence-electron chi connectivity index (χ1n) is 13.6. The molecular weight excluding hydrogens is 482 g/mol. The predicted octanol–water partition coefficient (Wildman–Crippen LogP) is 10.6. The third-order valence-electron chi connectivity index (χ3n) is 7.51. The highest BCUT2D eigenvalue weighted by Crippen LogP contribution is 2.53. The summed E-state index contributed by atoms with van der Waals surface area (Å²) in [5.41, 5.74) is 7.36. The van der Waals surface area contributed by atoms with E-state index in [1.165, 1.54) is 58.8 Å². The van der Waals surface area contributed by atoms with E-state index < -0.39 is 0 Å². The van der Waals surface area contributed by atoms with Crippen molar-refractivity contribution in [2.75, 3.05) is 0 Å². The van der Waals surface area contributed by atoms with Crippen LogP contribution in [-0.4, -0.2) is 4.98 Å². The molecule has 2 aromatic heterocycles. The van der Waals surface area contributed by atoms with Gasteiger partial charge < -0.3 is 4.42 Å². The van der Waals surface area contributed by atoms with Crippen LogP contribution in [0.3, 0.4) is 0 Å². The number of nitrogens with zero attached hydrogens (tertiary/aromatic N) is 1. The average Bonchev–Trinajstić information content (AvgIpc) is 3.21. The first-order valence-corrected chi connectivity index (χ1v) is 14.4. The van der Waals surface area contributed by atoms with Crippen molar-refractivity contribution in [1.29, 1.82) is 0 Å². The quantitative estimate of drug-likeness (QED) is 0.214. The second-order valence-electron chi connectivity index (χ2n) is 13.3. The van der Waals surface area contributed by atoms with Gasteiger partial charge >= 0.3 is 0 Å². The van der Waals surface area contributed by atoms with Crippen LogP contribution in [0.25, 0.3) is 54.7 Å². The summed E-state index contributed by atoms with van der Waals surface area (Å²) in [5, 5.41) is 7.54. The van der Waals surface area contributed by atoms with Crippen molar-refractivity contribution >= 4 is 55.2 Å². The van der Waals surface area contributed by atoms with Crippen LogP contribution in [0.15, 0.2) is 81.1 Å². The van der Waals surface area contributed by atoms with E-state index in [4.69, 9.17) is 9.40 Å². The van der Waals surface area contributed by atoms with Crippen LogP contribution in [0.5, 0.6) is 0 Å². The Balaban J connectivity index is 1.54. The molecule has 0 atom stereocenters. The standard InChI is InChI=1S/C35H33NOS/c1-34(2,3)18-20-11-12-22-21(15-20)16-29-30-24(22)13-14-36-31(30)26-17-25-23-9-7-8-10-28(23)37-32(25)27(33(26)38-29)19-35(4,5)6/h7-17H,18-19H2,1-6H3. The fraction of sp³-hybridized carbons (Fsp3) is 0.286. The topological polar surface area (TPSA) is 26.0 Å². The molecule has 0 bridgehead atoms. The van der Waals surface area contributed by atoms with Crippen molar-refractivity contribution in [3.05, 3.63) is 78.0 Å². The van der Waals surface area contributed by atoms with Gasteiger partial charge in [0.2, 0.25) is 0 Å². The molecule has 1 aliphatic heterocycles. The van der Waals surface area contributed by atoms with Gasteiger partial charge in [0, 0.05) is 43.3 Å². The highest BCUT2D eigenvalue weighted by atomic mass is 32.2. The van der Waals surface area contributed by atoms with Crippen molar-refractivity contribution in [3.8, 4) is 11.3 Å². The Hall–Kier alpha value is -3.30. The van der Waals surface area contributed by atoms with Crippen LogP contribution < -0.4 is 0 Å². The maximum Gasteiger partial charge on any atom is 0.139 e. The average molecular weight is 516 g/mol. The molecule has 38 heavy (non-hydrogen) atoms. The van der Waals surface area contributed by atoms with Gasteiger partial charge in [-0.25, -0.2) is 0 Å². The van der Waals surface area contributed by atoms with Crippen LogP contribution in [0.4, 0.5) is 0 Å². The summed E-state index contributed by atoms with van der Waals surface area (Å²) in [4.78, 5) is 7.61. The maximum atomic E-state index is 6.56. The van der Waals surface area contributed by atoms with Crippen molar-refractivity contribution in [3.63, 3.8) is 0 Å². The van der Waals surface area contributed by atoms with E-state index in [1.807, 2.05) is 18.0 Å². The Morgan fingerprint density at radius 2 is 1.55 bits per heavy atom. The minimum absolute atomic E-state index is 0.118. The normalized spacial score (nSPS) is 13.6. The van der Waals surface area contributed by atoms with E-state index in [9.17, 15) is 0 Å². The van der Waals surface area contributed by atoms with Crippen molar-refractivity contribution in [2.24, 2.45) is 10.8 Å².